The van der Waals surface area contributed by atoms with Crippen molar-refractivity contribution in [2.24, 2.45) is 0 Å². The fourth-order valence-electron chi connectivity index (χ4n) is 0.190. The second-order valence-corrected chi connectivity index (χ2v) is 5.05. The van der Waals surface area contributed by atoms with Crippen molar-refractivity contribution < 1.29 is 24.0 Å². The maximum atomic E-state index is 10.0. The Kier molecular flexibility index (Phi) is 4.09. The summed E-state index contributed by atoms with van der Waals surface area (Å²) in [5.74, 6) is 0. The Morgan fingerprint density at radius 2 is 1.73 bits per heavy atom. The molecule has 3 N–H and O–H groups in total. The van der Waals surface area contributed by atoms with Crippen LogP contribution in [0.1, 0.15) is 0 Å². The average molecular weight is 245 g/mol. The third-order valence-electron chi connectivity index (χ3n) is 0.517. The zero-order valence-corrected chi connectivity index (χ0v) is 7.98. The quantitative estimate of drug-likeness (QED) is 0.380. The van der Waals surface area contributed by atoms with Gasteiger partial charge in [0.2, 0.25) is 10.1 Å². The summed E-state index contributed by atoms with van der Waals surface area (Å²) in [7, 11) is -4.82. The minimum Gasteiger partial charge on any atom is -0.364 e. The molecule has 0 heterocycles. The molecule has 1 atom stereocenters. The van der Waals surface area contributed by atoms with Gasteiger partial charge in [-0.2, -0.15) is 0 Å². The molecule has 5 nitrogen and oxygen atoms in total. The van der Waals surface area contributed by atoms with Gasteiger partial charge in [0.05, 0.1) is 0 Å². The van der Waals surface area contributed by atoms with Crippen molar-refractivity contribution in [1.29, 1.82) is 0 Å². The van der Waals surface area contributed by atoms with Gasteiger partial charge < -0.3 is 14.9 Å². The van der Waals surface area contributed by atoms with Crippen LogP contribution in [0.2, 0.25) is 0 Å². The van der Waals surface area contributed by atoms with Crippen LogP contribution < -0.4 is 0 Å². The highest BCUT2D eigenvalue weighted by Crippen LogP contribution is 2.43. The van der Waals surface area contributed by atoms with Crippen LogP contribution in [-0.4, -0.2) is 25.0 Å². The molecule has 0 aromatic heterocycles. The normalized spacial score (nSPS) is 16.5. The molecule has 68 valence electrons. The lowest BCUT2D eigenvalue weighted by molar-refractivity contribution is -0.0325. The second-order valence-electron chi connectivity index (χ2n) is 1.49. The zero-order valence-electron chi connectivity index (χ0n) is 4.82. The van der Waals surface area contributed by atoms with Crippen molar-refractivity contribution >= 4 is 42.6 Å². The number of phosphoric acid groups is 1. The summed E-state index contributed by atoms with van der Waals surface area (Å²) in [6.45, 7) is 0. The number of alkyl halides is 3. The summed E-state index contributed by atoms with van der Waals surface area (Å²) >= 11 is 15.0. The molecule has 0 rings (SSSR count). The van der Waals surface area contributed by atoms with Crippen LogP contribution in [0.4, 0.5) is 0 Å². The zero-order chi connectivity index (χ0) is 9.28. The van der Waals surface area contributed by atoms with Crippen LogP contribution in [0.25, 0.3) is 0 Å². The first-order valence-electron chi connectivity index (χ1n) is 2.11. The van der Waals surface area contributed by atoms with Gasteiger partial charge >= 0.3 is 7.82 Å². The molecule has 0 bridgehead atoms. The predicted octanol–water partition coefficient (Wildman–Crippen LogP) is 0.784. The number of aliphatic hydroxyl groups excluding tert-OH is 1. The lowest BCUT2D eigenvalue weighted by Gasteiger charge is -2.18. The van der Waals surface area contributed by atoms with Crippen molar-refractivity contribution in [1.82, 2.24) is 0 Å². The van der Waals surface area contributed by atoms with Gasteiger partial charge in [-0.15, -0.1) is 0 Å². The first-order chi connectivity index (χ1) is 4.63. The SMILES string of the molecule is O=P(O)(O)OC(O)C(Cl)(Cl)Cl. The van der Waals surface area contributed by atoms with Crippen LogP contribution in [0, 0.1) is 0 Å². The fraction of sp³-hybridized carbons (Fsp3) is 1.00. The molecule has 0 aliphatic carbocycles. The van der Waals surface area contributed by atoms with Crippen LogP contribution in [0.15, 0.2) is 0 Å². The summed E-state index contributed by atoms with van der Waals surface area (Å²) in [5.41, 5.74) is 0. The van der Waals surface area contributed by atoms with E-state index in [0.29, 0.717) is 0 Å². The molecule has 9 heteroatoms. The number of halogens is 3. The highest BCUT2D eigenvalue weighted by Gasteiger charge is 2.36. The van der Waals surface area contributed by atoms with Gasteiger partial charge in [0, 0.05) is 0 Å². The minimum atomic E-state index is -4.82. The molecule has 0 saturated heterocycles. The van der Waals surface area contributed by atoms with E-state index in [1.807, 2.05) is 0 Å². The Bertz CT molecular complexity index is 171. The van der Waals surface area contributed by atoms with Gasteiger partial charge in [0.1, 0.15) is 0 Å². The smallest absolute Gasteiger partial charge is 0.364 e. The molecule has 1 unspecified atom stereocenters. The Balaban J connectivity index is 4.10. The lowest BCUT2D eigenvalue weighted by Crippen LogP contribution is -2.27. The maximum Gasteiger partial charge on any atom is 0.472 e. The van der Waals surface area contributed by atoms with Crippen LogP contribution >= 0.6 is 42.6 Å². The van der Waals surface area contributed by atoms with E-state index in [-0.39, 0.29) is 0 Å². The monoisotopic (exact) mass is 244 g/mol. The first-order valence-corrected chi connectivity index (χ1v) is 4.78. The Morgan fingerprint density at radius 1 is 1.36 bits per heavy atom. The van der Waals surface area contributed by atoms with Gasteiger partial charge in [-0.1, -0.05) is 34.8 Å². The van der Waals surface area contributed by atoms with E-state index in [1.54, 1.807) is 0 Å². The topological polar surface area (TPSA) is 87.0 Å². The summed E-state index contributed by atoms with van der Waals surface area (Å²) < 4.78 is 11.4. The number of hydrogen-bond acceptors (Lipinski definition) is 3. The minimum absolute atomic E-state index is 2.16. The lowest BCUT2D eigenvalue weighted by atomic mass is 10.8. The van der Waals surface area contributed by atoms with E-state index in [1.165, 1.54) is 0 Å². The predicted molar refractivity (Wildman–Crippen MR) is 39.4 cm³/mol. The van der Waals surface area contributed by atoms with Crippen LogP contribution in [0.5, 0.6) is 0 Å². The van der Waals surface area contributed by atoms with E-state index in [0.717, 1.165) is 0 Å². The standard InChI is InChI=1S/C2H4Cl3O5P/c3-2(4,5)1(6)10-11(7,8)9/h1,6H,(H2,7,8,9). The van der Waals surface area contributed by atoms with E-state index < -0.39 is 17.9 Å². The largest absolute Gasteiger partial charge is 0.472 e. The number of aliphatic hydroxyl groups is 1. The molecule has 0 saturated carbocycles. The third kappa shape index (κ3) is 6.13. The third-order valence-corrected chi connectivity index (χ3v) is 1.55. The molecule has 0 aromatic carbocycles. The van der Waals surface area contributed by atoms with E-state index in [9.17, 15) is 4.57 Å². The molecule has 0 aliphatic heterocycles. The molecule has 0 aromatic rings. The van der Waals surface area contributed by atoms with Crippen molar-refractivity contribution in [2.75, 3.05) is 0 Å². The van der Waals surface area contributed by atoms with Crippen molar-refractivity contribution in [2.45, 2.75) is 10.1 Å². The van der Waals surface area contributed by atoms with Crippen LogP contribution in [0.3, 0.4) is 0 Å². The summed E-state index contributed by atoms with van der Waals surface area (Å²) in [6, 6.07) is 0. The van der Waals surface area contributed by atoms with Crippen molar-refractivity contribution in [3.8, 4) is 0 Å². The Hall–Kier alpha value is 0.940. The average Bonchev–Trinajstić information content (AvgIpc) is 1.56. The summed E-state index contributed by atoms with van der Waals surface area (Å²) in [4.78, 5) is 16.2. The highest BCUT2D eigenvalue weighted by molar-refractivity contribution is 7.46. The molecular formula is C2H4Cl3O5P. The number of hydrogen-bond donors (Lipinski definition) is 3. The van der Waals surface area contributed by atoms with Crippen molar-refractivity contribution in [3.05, 3.63) is 0 Å². The maximum absolute atomic E-state index is 10.0. The van der Waals surface area contributed by atoms with Gasteiger partial charge in [-0.3, -0.25) is 4.52 Å². The van der Waals surface area contributed by atoms with Crippen LogP contribution in [-0.2, 0) is 9.09 Å². The molecule has 0 spiro atoms. The molecule has 0 amide bonds. The second kappa shape index (κ2) is 3.77. The summed E-state index contributed by atoms with van der Waals surface area (Å²) in [6.07, 6.45) is -2.16. The van der Waals surface area contributed by atoms with E-state index in [4.69, 9.17) is 49.7 Å². The molecule has 11 heavy (non-hydrogen) atoms. The fourth-order valence-corrected chi connectivity index (χ4v) is 0.928. The highest BCUT2D eigenvalue weighted by atomic mass is 35.6. The number of rotatable bonds is 2. The first kappa shape index (κ1) is 11.9. The van der Waals surface area contributed by atoms with Gasteiger partial charge in [-0.25, -0.2) is 4.57 Å². The Morgan fingerprint density at radius 3 is 1.82 bits per heavy atom. The number of phosphoric ester groups is 1. The van der Waals surface area contributed by atoms with E-state index >= 15 is 0 Å². The molecule has 0 fully saturated rings. The van der Waals surface area contributed by atoms with Gasteiger partial charge in [0.15, 0.2) is 0 Å². The Labute approximate surface area is 77.1 Å². The van der Waals surface area contributed by atoms with Gasteiger partial charge in [0.25, 0.3) is 0 Å². The molecule has 0 aliphatic rings. The molecule has 0 radical (unpaired) electrons. The molecular weight excluding hydrogens is 241 g/mol. The van der Waals surface area contributed by atoms with E-state index in [2.05, 4.69) is 4.52 Å². The van der Waals surface area contributed by atoms with Crippen molar-refractivity contribution in [3.63, 3.8) is 0 Å². The van der Waals surface area contributed by atoms with Gasteiger partial charge in [-0.05, 0) is 0 Å². The summed E-state index contributed by atoms with van der Waals surface area (Å²) in [5, 5.41) is 8.61.